The first kappa shape index (κ1) is 8.61. The smallest absolute Gasteiger partial charge is 0.137 e. The lowest BCUT2D eigenvalue weighted by atomic mass is 10.1. The van der Waals surface area contributed by atoms with Gasteiger partial charge in [0.05, 0.1) is 10.7 Å². The van der Waals surface area contributed by atoms with E-state index in [-0.39, 0.29) is 0 Å². The predicted molar refractivity (Wildman–Crippen MR) is 61.9 cm³/mol. The first-order valence-electron chi connectivity index (χ1n) is 4.69. The van der Waals surface area contributed by atoms with Gasteiger partial charge in [0, 0.05) is 28.7 Å². The summed E-state index contributed by atoms with van der Waals surface area (Å²) < 4.78 is 0. The molecular formula is C11H9N3S. The van der Waals surface area contributed by atoms with Crippen LogP contribution in [0.5, 0.6) is 0 Å². The van der Waals surface area contributed by atoms with Crippen LogP contribution in [0.4, 0.5) is 0 Å². The summed E-state index contributed by atoms with van der Waals surface area (Å²) in [4.78, 5) is 11.8. The van der Waals surface area contributed by atoms with Crippen molar-refractivity contribution in [3.8, 4) is 11.3 Å². The number of nitrogens with zero attached hydrogens (tertiary/aromatic N) is 2. The Kier molecular flexibility index (Phi) is 1.82. The first-order valence-corrected chi connectivity index (χ1v) is 5.57. The summed E-state index contributed by atoms with van der Waals surface area (Å²) >= 11 is 1.67. The highest BCUT2D eigenvalue weighted by molar-refractivity contribution is 7.09. The van der Waals surface area contributed by atoms with Gasteiger partial charge in [-0.05, 0) is 19.1 Å². The predicted octanol–water partition coefficient (Wildman–Crippen LogP) is 2.99. The molecular weight excluding hydrogens is 206 g/mol. The van der Waals surface area contributed by atoms with E-state index in [4.69, 9.17) is 0 Å². The lowest BCUT2D eigenvalue weighted by Crippen LogP contribution is -1.82. The minimum Gasteiger partial charge on any atom is -0.346 e. The number of rotatable bonds is 1. The number of H-pyrrole nitrogens is 1. The van der Waals surface area contributed by atoms with Gasteiger partial charge in [-0.1, -0.05) is 0 Å². The number of hydrogen-bond donors (Lipinski definition) is 1. The largest absolute Gasteiger partial charge is 0.346 e. The maximum atomic E-state index is 4.49. The number of pyridine rings is 1. The molecule has 3 heterocycles. The van der Waals surface area contributed by atoms with E-state index in [0.29, 0.717) is 0 Å². The van der Waals surface area contributed by atoms with Gasteiger partial charge in [0.25, 0.3) is 0 Å². The lowest BCUT2D eigenvalue weighted by Gasteiger charge is -1.97. The van der Waals surface area contributed by atoms with Gasteiger partial charge in [-0.25, -0.2) is 9.97 Å². The van der Waals surface area contributed by atoms with Crippen LogP contribution in [0.15, 0.2) is 29.9 Å². The Morgan fingerprint density at radius 3 is 3.07 bits per heavy atom. The third kappa shape index (κ3) is 1.34. The van der Waals surface area contributed by atoms with Gasteiger partial charge < -0.3 is 4.98 Å². The summed E-state index contributed by atoms with van der Waals surface area (Å²) in [6, 6.07) is 4.04. The van der Waals surface area contributed by atoms with Gasteiger partial charge in [0.1, 0.15) is 5.65 Å². The van der Waals surface area contributed by atoms with Crippen molar-refractivity contribution in [2.45, 2.75) is 6.92 Å². The van der Waals surface area contributed by atoms with Crippen molar-refractivity contribution in [2.75, 3.05) is 0 Å². The van der Waals surface area contributed by atoms with Crippen LogP contribution in [-0.4, -0.2) is 15.0 Å². The molecule has 0 unspecified atom stereocenters. The summed E-state index contributed by atoms with van der Waals surface area (Å²) in [7, 11) is 0. The van der Waals surface area contributed by atoms with E-state index in [9.17, 15) is 0 Å². The molecule has 4 heteroatoms. The van der Waals surface area contributed by atoms with Gasteiger partial charge in [0.2, 0.25) is 0 Å². The van der Waals surface area contributed by atoms with E-state index < -0.39 is 0 Å². The van der Waals surface area contributed by atoms with Crippen LogP contribution < -0.4 is 0 Å². The van der Waals surface area contributed by atoms with E-state index in [0.717, 1.165) is 27.3 Å². The molecule has 0 bridgehead atoms. The molecule has 0 aliphatic heterocycles. The van der Waals surface area contributed by atoms with Gasteiger partial charge in [0.15, 0.2) is 0 Å². The van der Waals surface area contributed by atoms with Crippen LogP contribution in [0.1, 0.15) is 5.01 Å². The summed E-state index contributed by atoms with van der Waals surface area (Å²) in [5.74, 6) is 0. The maximum absolute atomic E-state index is 4.49. The highest BCUT2D eigenvalue weighted by Gasteiger charge is 2.07. The molecule has 0 saturated heterocycles. The van der Waals surface area contributed by atoms with Gasteiger partial charge in [-0.2, -0.15) is 0 Å². The van der Waals surface area contributed by atoms with Crippen molar-refractivity contribution in [2.24, 2.45) is 0 Å². The fourth-order valence-corrected chi connectivity index (χ4v) is 2.28. The van der Waals surface area contributed by atoms with Gasteiger partial charge in [-0.15, -0.1) is 11.3 Å². The minimum absolute atomic E-state index is 0.915. The Labute approximate surface area is 90.8 Å². The molecule has 0 aliphatic rings. The average Bonchev–Trinajstić information content (AvgIpc) is 2.84. The number of fused-ring (bicyclic) bond motifs is 1. The second kappa shape index (κ2) is 3.17. The zero-order valence-electron chi connectivity index (χ0n) is 8.19. The van der Waals surface area contributed by atoms with Crippen LogP contribution in [0.25, 0.3) is 22.3 Å². The van der Waals surface area contributed by atoms with Crippen LogP contribution in [0.3, 0.4) is 0 Å². The zero-order chi connectivity index (χ0) is 10.3. The van der Waals surface area contributed by atoms with Crippen LogP contribution in [-0.2, 0) is 0 Å². The van der Waals surface area contributed by atoms with E-state index >= 15 is 0 Å². The molecule has 0 fully saturated rings. The van der Waals surface area contributed by atoms with Crippen molar-refractivity contribution < 1.29 is 0 Å². The van der Waals surface area contributed by atoms with Crippen molar-refractivity contribution >= 4 is 22.4 Å². The SMILES string of the molecule is Cc1nc(-c2ccnc3[nH]ccc23)cs1. The normalized spacial score (nSPS) is 11.0. The average molecular weight is 215 g/mol. The van der Waals surface area contributed by atoms with Crippen molar-refractivity contribution in [1.29, 1.82) is 0 Å². The minimum atomic E-state index is 0.915. The third-order valence-corrected chi connectivity index (χ3v) is 3.13. The van der Waals surface area contributed by atoms with E-state index in [1.807, 2.05) is 31.5 Å². The van der Waals surface area contributed by atoms with Crippen molar-refractivity contribution in [1.82, 2.24) is 15.0 Å². The quantitative estimate of drug-likeness (QED) is 0.678. The second-order valence-corrected chi connectivity index (χ2v) is 4.41. The number of thiazole rings is 1. The van der Waals surface area contributed by atoms with Gasteiger partial charge >= 0.3 is 0 Å². The molecule has 0 radical (unpaired) electrons. The summed E-state index contributed by atoms with van der Waals surface area (Å²) in [6.07, 6.45) is 3.71. The lowest BCUT2D eigenvalue weighted by molar-refractivity contribution is 1.29. The fourth-order valence-electron chi connectivity index (χ4n) is 1.67. The number of aromatic nitrogens is 3. The van der Waals surface area contributed by atoms with E-state index in [1.165, 1.54) is 0 Å². The molecule has 3 aromatic rings. The van der Waals surface area contributed by atoms with Gasteiger partial charge in [-0.3, -0.25) is 0 Å². The molecule has 0 spiro atoms. The molecule has 0 saturated carbocycles. The third-order valence-electron chi connectivity index (χ3n) is 2.36. The Balaban J connectivity index is 2.30. The highest BCUT2D eigenvalue weighted by atomic mass is 32.1. The maximum Gasteiger partial charge on any atom is 0.137 e. The van der Waals surface area contributed by atoms with Crippen LogP contribution in [0.2, 0.25) is 0 Å². The molecule has 3 nitrogen and oxygen atoms in total. The molecule has 0 aliphatic carbocycles. The molecule has 1 N–H and O–H groups in total. The molecule has 0 amide bonds. The summed E-state index contributed by atoms with van der Waals surface area (Å²) in [5, 5.41) is 4.30. The molecule has 0 atom stereocenters. The standard InChI is InChI=1S/C11H9N3S/c1-7-14-10(6-15-7)8-2-4-12-11-9(8)3-5-13-11/h2-6H,1H3,(H,12,13). The van der Waals surface area contributed by atoms with E-state index in [1.54, 1.807) is 11.3 Å². The number of aromatic amines is 1. The van der Waals surface area contributed by atoms with Crippen molar-refractivity contribution in [3.63, 3.8) is 0 Å². The molecule has 15 heavy (non-hydrogen) atoms. The molecule has 3 aromatic heterocycles. The Morgan fingerprint density at radius 1 is 1.33 bits per heavy atom. The van der Waals surface area contributed by atoms with Crippen molar-refractivity contribution in [3.05, 3.63) is 34.9 Å². The number of nitrogens with one attached hydrogen (secondary N) is 1. The Bertz CT molecular complexity index is 609. The highest BCUT2D eigenvalue weighted by Crippen LogP contribution is 2.27. The Morgan fingerprint density at radius 2 is 2.27 bits per heavy atom. The fraction of sp³-hybridized carbons (Fsp3) is 0.0909. The summed E-state index contributed by atoms with van der Waals surface area (Å²) in [6.45, 7) is 2.02. The molecule has 74 valence electrons. The van der Waals surface area contributed by atoms with Crippen LogP contribution in [0, 0.1) is 6.92 Å². The number of aryl methyl sites for hydroxylation is 1. The first-order chi connectivity index (χ1) is 7.34. The molecule has 0 aromatic carbocycles. The monoisotopic (exact) mass is 215 g/mol. The molecule has 3 rings (SSSR count). The summed E-state index contributed by atoms with van der Waals surface area (Å²) in [5.41, 5.74) is 3.09. The Hall–Kier alpha value is -1.68. The zero-order valence-corrected chi connectivity index (χ0v) is 9.01. The van der Waals surface area contributed by atoms with Crippen LogP contribution >= 0.6 is 11.3 Å². The topological polar surface area (TPSA) is 41.6 Å². The number of hydrogen-bond acceptors (Lipinski definition) is 3. The van der Waals surface area contributed by atoms with E-state index in [2.05, 4.69) is 20.3 Å². The second-order valence-electron chi connectivity index (χ2n) is 3.35.